The molecule has 2 spiro atoms. The molecule has 0 amide bonds. The molecule has 2 heterocycles. The summed E-state index contributed by atoms with van der Waals surface area (Å²) in [6, 6.07) is 81.9. The Hall–Kier alpha value is -7.00. The van der Waals surface area contributed by atoms with E-state index in [9.17, 15) is 0 Å². The lowest BCUT2D eigenvalue weighted by Crippen LogP contribution is -2.45. The molecule has 0 fully saturated rings. The molecule has 344 valence electrons. The lowest BCUT2D eigenvalue weighted by atomic mass is 9.51. The van der Waals surface area contributed by atoms with Gasteiger partial charge in [-0.3, -0.25) is 4.99 Å². The normalized spacial score (nSPS) is 21.7. The summed E-state index contributed by atoms with van der Waals surface area (Å²) in [4.78, 5) is 8.96. The number of hydrogen-bond donors (Lipinski definition) is 0. The average molecular weight is 932 g/mol. The molecule has 0 N–H and O–H groups in total. The van der Waals surface area contributed by atoms with Crippen LogP contribution in [0.15, 0.2) is 227 Å². The van der Waals surface area contributed by atoms with Crippen LogP contribution in [-0.2, 0) is 16.2 Å². The quantitative estimate of drug-likeness (QED) is 0.171. The van der Waals surface area contributed by atoms with Crippen molar-refractivity contribution in [3.8, 4) is 22.3 Å². The molecule has 2 aliphatic heterocycles. The van der Waals surface area contributed by atoms with Crippen LogP contribution in [0.1, 0.15) is 131 Å². The van der Waals surface area contributed by atoms with Crippen molar-refractivity contribution in [2.24, 2.45) is 16.8 Å². The minimum absolute atomic E-state index is 0.00217. The first-order valence-corrected chi connectivity index (χ1v) is 26.9. The van der Waals surface area contributed by atoms with Crippen molar-refractivity contribution in [2.75, 3.05) is 0 Å². The van der Waals surface area contributed by atoms with E-state index in [1.165, 1.54) is 110 Å². The van der Waals surface area contributed by atoms with Crippen LogP contribution in [0.25, 0.3) is 22.3 Å². The van der Waals surface area contributed by atoms with E-state index in [0.717, 1.165) is 19.3 Å². The second-order valence-corrected chi connectivity index (χ2v) is 22.6. The first-order chi connectivity index (χ1) is 34.9. The van der Waals surface area contributed by atoms with E-state index in [1.807, 2.05) is 11.8 Å². The lowest BCUT2D eigenvalue weighted by molar-refractivity contribution is 0.362. The fourth-order valence-electron chi connectivity index (χ4n) is 14.8. The zero-order valence-corrected chi connectivity index (χ0v) is 41.8. The van der Waals surface area contributed by atoms with Gasteiger partial charge < -0.3 is 0 Å². The molecule has 4 unspecified atom stereocenters. The molecule has 0 radical (unpaired) electrons. The maximum Gasteiger partial charge on any atom is 0.0778 e. The van der Waals surface area contributed by atoms with Crippen LogP contribution in [0.4, 0.5) is 0 Å². The van der Waals surface area contributed by atoms with Crippen LogP contribution >= 0.6 is 11.8 Å². The summed E-state index contributed by atoms with van der Waals surface area (Å²) >= 11 is 1.91. The average Bonchev–Trinajstić information content (AvgIpc) is 3.84. The van der Waals surface area contributed by atoms with Crippen LogP contribution in [0, 0.1) is 11.8 Å². The lowest BCUT2D eigenvalue weighted by Gasteiger charge is -2.51. The summed E-state index contributed by atoms with van der Waals surface area (Å²) in [7, 11) is 0. The molecular formula is C69H57NS. The predicted molar refractivity (Wildman–Crippen MR) is 294 cm³/mol. The van der Waals surface area contributed by atoms with E-state index in [0.29, 0.717) is 11.8 Å². The SMILES string of the molecule is CCC1/C(c2cccc3c2-c2ccccc2C32c3ccccc3C3(c4ccccc4Sc4ccccc43)c3ccccc32)=N\C(c2ccc3c(c2)C(C)(C)c2ccccc2-3)C(C)CCC1c1ccccc1. The first-order valence-electron chi connectivity index (χ1n) is 26.0. The van der Waals surface area contributed by atoms with Crippen molar-refractivity contribution in [1.82, 2.24) is 0 Å². The fourth-order valence-corrected chi connectivity index (χ4v) is 16.0. The maximum absolute atomic E-state index is 6.31. The molecule has 71 heavy (non-hydrogen) atoms. The molecule has 9 aromatic rings. The van der Waals surface area contributed by atoms with Crippen molar-refractivity contribution in [1.29, 1.82) is 0 Å². The van der Waals surface area contributed by atoms with Gasteiger partial charge in [0.2, 0.25) is 0 Å². The molecule has 0 saturated heterocycles. The summed E-state index contributed by atoms with van der Waals surface area (Å²) in [5, 5.41) is 0. The number of benzene rings is 9. The third-order valence-corrected chi connectivity index (χ3v) is 19.0. The molecule has 9 aromatic carbocycles. The Morgan fingerprint density at radius 1 is 0.437 bits per heavy atom. The monoisotopic (exact) mass is 931 g/mol. The third-order valence-electron chi connectivity index (χ3n) is 17.8. The van der Waals surface area contributed by atoms with E-state index in [-0.39, 0.29) is 17.4 Å². The highest BCUT2D eigenvalue weighted by molar-refractivity contribution is 7.99. The van der Waals surface area contributed by atoms with Crippen LogP contribution in [0.5, 0.6) is 0 Å². The number of fused-ring (bicyclic) bond motifs is 18. The first kappa shape index (κ1) is 42.8. The largest absolute Gasteiger partial charge is 0.280 e. The van der Waals surface area contributed by atoms with Gasteiger partial charge in [0.25, 0.3) is 0 Å². The smallest absolute Gasteiger partial charge is 0.0778 e. The Morgan fingerprint density at radius 3 is 1.56 bits per heavy atom. The molecule has 2 heteroatoms. The van der Waals surface area contributed by atoms with Gasteiger partial charge in [0.1, 0.15) is 0 Å². The van der Waals surface area contributed by atoms with Crippen molar-refractivity contribution >= 4 is 17.5 Å². The second kappa shape index (κ2) is 16.0. The molecule has 4 atom stereocenters. The van der Waals surface area contributed by atoms with Gasteiger partial charge in [-0.15, -0.1) is 0 Å². The van der Waals surface area contributed by atoms with Gasteiger partial charge in [0, 0.05) is 32.4 Å². The molecule has 0 saturated carbocycles. The van der Waals surface area contributed by atoms with Crippen molar-refractivity contribution in [3.63, 3.8) is 0 Å². The van der Waals surface area contributed by atoms with Crippen LogP contribution in [0.2, 0.25) is 0 Å². The molecule has 0 bridgehead atoms. The molecule has 0 aromatic heterocycles. The van der Waals surface area contributed by atoms with Crippen molar-refractivity contribution in [2.45, 2.75) is 85.0 Å². The van der Waals surface area contributed by atoms with E-state index < -0.39 is 10.8 Å². The standard InChI is InChI=1S/C69H57NS/c1-5-46-47(44-22-7-6-8-23-44)40-38-43(2)65(45-39-41-49-48-24-9-11-27-52(48)67(3,4)61(49)42-45)70-66(46)51-26-21-35-60-64(51)50-25-10-12-28-53(50)68(60)54-29-13-15-31-56(54)69(57-32-16-14-30-55(57)68)58-33-17-19-36-62(58)71-63-37-20-18-34-59(63)69/h6-37,39,41-43,46-47,65H,5,38,40H2,1-4H3/b70-66+. The molecule has 5 aliphatic rings. The Kier molecular flexibility index (Phi) is 9.66. The highest BCUT2D eigenvalue weighted by Crippen LogP contribution is 2.67. The maximum atomic E-state index is 6.31. The van der Waals surface area contributed by atoms with E-state index >= 15 is 0 Å². The van der Waals surface area contributed by atoms with Crippen LogP contribution in [-0.4, -0.2) is 5.71 Å². The van der Waals surface area contributed by atoms with E-state index in [1.54, 1.807) is 0 Å². The molecular weight excluding hydrogens is 875 g/mol. The van der Waals surface area contributed by atoms with Gasteiger partial charge in [-0.05, 0) is 132 Å². The van der Waals surface area contributed by atoms with Gasteiger partial charge in [0.15, 0.2) is 0 Å². The Bertz CT molecular complexity index is 3550. The third kappa shape index (κ3) is 5.80. The number of aliphatic imine (C=N–C) groups is 1. The predicted octanol–water partition coefficient (Wildman–Crippen LogP) is 17.3. The summed E-state index contributed by atoms with van der Waals surface area (Å²) in [5.74, 6) is 0.875. The van der Waals surface area contributed by atoms with Gasteiger partial charge in [-0.1, -0.05) is 240 Å². The molecule has 3 aliphatic carbocycles. The van der Waals surface area contributed by atoms with E-state index in [2.05, 4.69) is 240 Å². The number of rotatable bonds is 4. The van der Waals surface area contributed by atoms with Gasteiger partial charge in [0.05, 0.1) is 16.9 Å². The fraction of sp³-hybridized carbons (Fsp3) is 0.203. The summed E-state index contributed by atoms with van der Waals surface area (Å²) in [6.45, 7) is 9.70. The Morgan fingerprint density at radius 2 is 0.930 bits per heavy atom. The number of nitrogens with zero attached hydrogens (tertiary/aromatic N) is 1. The van der Waals surface area contributed by atoms with Crippen LogP contribution < -0.4 is 0 Å². The van der Waals surface area contributed by atoms with Crippen molar-refractivity contribution in [3.05, 3.63) is 285 Å². The summed E-state index contributed by atoms with van der Waals surface area (Å²) < 4.78 is 0. The van der Waals surface area contributed by atoms with Crippen molar-refractivity contribution < 1.29 is 0 Å². The van der Waals surface area contributed by atoms with Gasteiger partial charge >= 0.3 is 0 Å². The topological polar surface area (TPSA) is 12.4 Å². The summed E-state index contributed by atoms with van der Waals surface area (Å²) in [5.41, 5.74) is 23.2. The minimum Gasteiger partial charge on any atom is -0.280 e. The zero-order valence-electron chi connectivity index (χ0n) is 41.0. The molecule has 14 rings (SSSR count). The Balaban J connectivity index is 1.04. The highest BCUT2D eigenvalue weighted by Gasteiger charge is 2.58. The second-order valence-electron chi connectivity index (χ2n) is 21.5. The van der Waals surface area contributed by atoms with Gasteiger partial charge in [-0.2, -0.15) is 0 Å². The van der Waals surface area contributed by atoms with E-state index in [4.69, 9.17) is 4.99 Å². The van der Waals surface area contributed by atoms with Crippen LogP contribution in [0.3, 0.4) is 0 Å². The zero-order chi connectivity index (χ0) is 47.6. The summed E-state index contributed by atoms with van der Waals surface area (Å²) in [6.07, 6.45) is 3.21. The Labute approximate surface area is 423 Å². The minimum atomic E-state index is -0.579. The highest BCUT2D eigenvalue weighted by atomic mass is 32.2. The number of hydrogen-bond acceptors (Lipinski definition) is 2. The molecule has 1 nitrogen and oxygen atoms in total. The van der Waals surface area contributed by atoms with Gasteiger partial charge in [-0.25, -0.2) is 0 Å².